The molecule has 0 spiro atoms. The van der Waals surface area contributed by atoms with Crippen molar-refractivity contribution in [3.63, 3.8) is 0 Å². The summed E-state index contributed by atoms with van der Waals surface area (Å²) in [5.74, 6) is -1.13. The molecule has 1 aliphatic carbocycles. The molecule has 0 aromatic carbocycles. The van der Waals surface area contributed by atoms with Gasteiger partial charge < -0.3 is 5.11 Å². The number of hydrogen-bond donors (Lipinski definition) is 1. The van der Waals surface area contributed by atoms with Crippen LogP contribution in [0.3, 0.4) is 0 Å². The van der Waals surface area contributed by atoms with Gasteiger partial charge in [0.05, 0.1) is 11.6 Å². The molecule has 1 aliphatic rings. The Kier molecular flexibility index (Phi) is 1.79. The normalized spacial score (nSPS) is 19.9. The highest BCUT2D eigenvalue weighted by Crippen LogP contribution is 2.31. The number of hydrogen-bond acceptors (Lipinski definition) is 2. The zero-order valence-corrected chi connectivity index (χ0v) is 7.45. The maximum Gasteiger partial charge on any atom is 0.312 e. The van der Waals surface area contributed by atoms with Crippen LogP contribution in [0.4, 0.5) is 0 Å². The summed E-state index contributed by atoms with van der Waals surface area (Å²) >= 11 is 0. The summed E-state index contributed by atoms with van der Waals surface area (Å²) < 4.78 is 0. The van der Waals surface area contributed by atoms with Crippen LogP contribution in [0.25, 0.3) is 0 Å². The predicted molar refractivity (Wildman–Crippen MR) is 47.7 cm³/mol. The number of carbonyl (C=O) groups is 1. The Balaban J connectivity index is 2.46. The molecule has 1 heterocycles. The SMILES string of the molecule is Cc1ccc2c(n1)C(C(=O)O)CC2. The lowest BCUT2D eigenvalue weighted by Crippen LogP contribution is -2.09. The maximum absolute atomic E-state index is 10.8. The number of aliphatic carboxylic acids is 1. The summed E-state index contributed by atoms with van der Waals surface area (Å²) in [5.41, 5.74) is 2.76. The highest BCUT2D eigenvalue weighted by atomic mass is 16.4. The smallest absolute Gasteiger partial charge is 0.312 e. The fourth-order valence-electron chi connectivity index (χ4n) is 1.80. The number of nitrogens with zero attached hydrogens (tertiary/aromatic N) is 1. The van der Waals surface area contributed by atoms with Gasteiger partial charge >= 0.3 is 5.97 Å². The minimum atomic E-state index is -0.753. The van der Waals surface area contributed by atoms with Crippen molar-refractivity contribution in [3.05, 3.63) is 29.1 Å². The Morgan fingerprint density at radius 3 is 3.08 bits per heavy atom. The zero-order chi connectivity index (χ0) is 9.42. The van der Waals surface area contributed by atoms with Crippen molar-refractivity contribution in [2.45, 2.75) is 25.7 Å². The first kappa shape index (κ1) is 8.23. The van der Waals surface area contributed by atoms with Crippen molar-refractivity contribution in [2.24, 2.45) is 0 Å². The topological polar surface area (TPSA) is 50.2 Å². The monoisotopic (exact) mass is 177 g/mol. The van der Waals surface area contributed by atoms with Gasteiger partial charge in [-0.3, -0.25) is 9.78 Å². The molecule has 2 rings (SSSR count). The van der Waals surface area contributed by atoms with Gasteiger partial charge in [-0.1, -0.05) is 6.07 Å². The van der Waals surface area contributed by atoms with Crippen molar-refractivity contribution in [2.75, 3.05) is 0 Å². The van der Waals surface area contributed by atoms with Gasteiger partial charge in [0.1, 0.15) is 0 Å². The van der Waals surface area contributed by atoms with Gasteiger partial charge in [0.25, 0.3) is 0 Å². The Morgan fingerprint density at radius 1 is 1.62 bits per heavy atom. The molecule has 1 aromatic heterocycles. The summed E-state index contributed by atoms with van der Waals surface area (Å²) in [6, 6.07) is 3.92. The van der Waals surface area contributed by atoms with E-state index in [9.17, 15) is 4.79 Å². The second kappa shape index (κ2) is 2.83. The summed E-state index contributed by atoms with van der Waals surface area (Å²) in [4.78, 5) is 15.1. The van der Waals surface area contributed by atoms with E-state index in [1.807, 2.05) is 19.1 Å². The van der Waals surface area contributed by atoms with Crippen LogP contribution in [0, 0.1) is 6.92 Å². The fourth-order valence-corrected chi connectivity index (χ4v) is 1.80. The lowest BCUT2D eigenvalue weighted by molar-refractivity contribution is -0.138. The van der Waals surface area contributed by atoms with Gasteiger partial charge in [0, 0.05) is 5.69 Å². The molecule has 1 aromatic rings. The minimum absolute atomic E-state index is 0.380. The number of pyridine rings is 1. The maximum atomic E-state index is 10.8. The third-order valence-corrected chi connectivity index (χ3v) is 2.48. The van der Waals surface area contributed by atoms with Crippen molar-refractivity contribution in [3.8, 4) is 0 Å². The molecule has 3 nitrogen and oxygen atoms in total. The minimum Gasteiger partial charge on any atom is -0.481 e. The predicted octanol–water partition coefficient (Wildman–Crippen LogP) is 1.50. The van der Waals surface area contributed by atoms with E-state index in [4.69, 9.17) is 5.11 Å². The van der Waals surface area contributed by atoms with Crippen molar-refractivity contribution < 1.29 is 9.90 Å². The molecular weight excluding hydrogens is 166 g/mol. The van der Waals surface area contributed by atoms with Crippen molar-refractivity contribution in [1.29, 1.82) is 0 Å². The fraction of sp³-hybridized carbons (Fsp3) is 0.400. The highest BCUT2D eigenvalue weighted by Gasteiger charge is 2.29. The van der Waals surface area contributed by atoms with Gasteiger partial charge in [-0.2, -0.15) is 0 Å². The molecule has 0 fully saturated rings. The standard InChI is InChI=1S/C10H11NO2/c1-6-2-3-7-4-5-8(10(12)13)9(7)11-6/h2-3,8H,4-5H2,1H3,(H,12,13). The van der Waals surface area contributed by atoms with E-state index in [1.165, 1.54) is 0 Å². The van der Waals surface area contributed by atoms with Crippen molar-refractivity contribution >= 4 is 5.97 Å². The lowest BCUT2D eigenvalue weighted by atomic mass is 10.1. The molecule has 3 heteroatoms. The molecule has 1 N–H and O–H groups in total. The molecule has 68 valence electrons. The van der Waals surface area contributed by atoms with E-state index < -0.39 is 5.97 Å². The van der Waals surface area contributed by atoms with Gasteiger partial charge in [-0.25, -0.2) is 0 Å². The molecule has 0 radical (unpaired) electrons. The molecule has 0 aliphatic heterocycles. The third-order valence-electron chi connectivity index (χ3n) is 2.48. The molecule has 1 unspecified atom stereocenters. The number of aromatic nitrogens is 1. The number of carboxylic acid groups (broad SMARTS) is 1. The molecule has 0 saturated carbocycles. The molecule has 0 bridgehead atoms. The number of fused-ring (bicyclic) bond motifs is 1. The first-order chi connectivity index (χ1) is 6.18. The molecule has 13 heavy (non-hydrogen) atoms. The Labute approximate surface area is 76.4 Å². The van der Waals surface area contributed by atoms with Gasteiger partial charge in [0.2, 0.25) is 0 Å². The first-order valence-corrected chi connectivity index (χ1v) is 4.37. The van der Waals surface area contributed by atoms with Crippen LogP contribution >= 0.6 is 0 Å². The summed E-state index contributed by atoms with van der Waals surface area (Å²) in [7, 11) is 0. The van der Waals surface area contributed by atoms with E-state index in [0.717, 1.165) is 23.4 Å². The number of aryl methyl sites for hydroxylation is 2. The molecular formula is C10H11NO2. The Bertz CT molecular complexity index is 360. The molecule has 1 atom stereocenters. The van der Waals surface area contributed by atoms with Gasteiger partial charge in [-0.15, -0.1) is 0 Å². The van der Waals surface area contributed by atoms with Crippen molar-refractivity contribution in [1.82, 2.24) is 4.98 Å². The third kappa shape index (κ3) is 1.30. The van der Waals surface area contributed by atoms with Crippen LogP contribution in [0.2, 0.25) is 0 Å². The van der Waals surface area contributed by atoms with E-state index in [-0.39, 0.29) is 5.92 Å². The Morgan fingerprint density at radius 2 is 2.38 bits per heavy atom. The van der Waals surface area contributed by atoms with Crippen LogP contribution in [0.5, 0.6) is 0 Å². The quantitative estimate of drug-likeness (QED) is 0.707. The Hall–Kier alpha value is -1.38. The van der Waals surface area contributed by atoms with Crippen LogP contribution in [-0.2, 0) is 11.2 Å². The summed E-state index contributed by atoms with van der Waals surface area (Å²) in [6.45, 7) is 1.89. The largest absolute Gasteiger partial charge is 0.481 e. The molecule has 0 saturated heterocycles. The van der Waals surface area contributed by atoms with Crippen LogP contribution in [-0.4, -0.2) is 16.1 Å². The van der Waals surface area contributed by atoms with Crippen LogP contribution in [0.15, 0.2) is 12.1 Å². The van der Waals surface area contributed by atoms with E-state index >= 15 is 0 Å². The second-order valence-corrected chi connectivity index (χ2v) is 3.43. The lowest BCUT2D eigenvalue weighted by Gasteiger charge is -2.04. The highest BCUT2D eigenvalue weighted by molar-refractivity contribution is 5.77. The average molecular weight is 177 g/mol. The second-order valence-electron chi connectivity index (χ2n) is 3.43. The van der Waals surface area contributed by atoms with Gasteiger partial charge in [-0.05, 0) is 31.4 Å². The summed E-state index contributed by atoms with van der Waals surface area (Å²) in [5, 5.41) is 8.91. The van der Waals surface area contributed by atoms with E-state index in [0.29, 0.717) is 6.42 Å². The van der Waals surface area contributed by atoms with Gasteiger partial charge in [0.15, 0.2) is 0 Å². The molecule has 0 amide bonds. The first-order valence-electron chi connectivity index (χ1n) is 4.37. The zero-order valence-electron chi connectivity index (χ0n) is 7.45. The van der Waals surface area contributed by atoms with E-state index in [2.05, 4.69) is 4.98 Å². The van der Waals surface area contributed by atoms with Crippen LogP contribution in [0.1, 0.15) is 29.3 Å². The average Bonchev–Trinajstić information content (AvgIpc) is 2.46. The summed E-state index contributed by atoms with van der Waals surface area (Å²) in [6.07, 6.45) is 1.54. The van der Waals surface area contributed by atoms with E-state index in [1.54, 1.807) is 0 Å². The van der Waals surface area contributed by atoms with Crippen LogP contribution < -0.4 is 0 Å². The number of rotatable bonds is 1. The number of carboxylic acids is 1.